The summed E-state index contributed by atoms with van der Waals surface area (Å²) in [4.78, 5) is 54.7. The van der Waals surface area contributed by atoms with E-state index in [9.17, 15) is 19.2 Å². The average molecular weight is 539 g/mol. The van der Waals surface area contributed by atoms with E-state index >= 15 is 0 Å². The Morgan fingerprint density at radius 2 is 1.74 bits per heavy atom. The second kappa shape index (κ2) is 12.2. The number of nitrogen functional groups attached to an aromatic ring is 1. The molecular formula is C26H30N6O5S. The Hall–Kier alpha value is -4.45. The Kier molecular flexibility index (Phi) is 9.02. The van der Waals surface area contributed by atoms with E-state index in [4.69, 9.17) is 16.2 Å². The molecule has 3 rings (SSSR count). The van der Waals surface area contributed by atoms with Crippen molar-refractivity contribution in [2.24, 2.45) is 5.73 Å². The van der Waals surface area contributed by atoms with Crippen molar-refractivity contribution in [2.75, 3.05) is 42.8 Å². The van der Waals surface area contributed by atoms with Gasteiger partial charge in [-0.25, -0.2) is 0 Å². The molecule has 0 saturated carbocycles. The van der Waals surface area contributed by atoms with E-state index in [1.807, 2.05) is 31.1 Å². The number of carbonyl (C=O) groups excluding carboxylic acids is 4. The first-order chi connectivity index (χ1) is 18.1. The number of esters is 1. The first kappa shape index (κ1) is 28.1. The van der Waals surface area contributed by atoms with Crippen LogP contribution in [-0.4, -0.2) is 55.3 Å². The molecule has 5 N–H and O–H groups in total. The number of anilines is 3. The molecule has 38 heavy (non-hydrogen) atoms. The fourth-order valence-electron chi connectivity index (χ4n) is 3.78. The Bertz CT molecular complexity index is 1340. The molecule has 1 aromatic heterocycles. The van der Waals surface area contributed by atoms with E-state index in [-0.39, 0.29) is 29.4 Å². The van der Waals surface area contributed by atoms with Gasteiger partial charge >= 0.3 is 5.97 Å². The zero-order valence-electron chi connectivity index (χ0n) is 21.6. The highest BCUT2D eigenvalue weighted by Gasteiger charge is 2.36. The summed E-state index contributed by atoms with van der Waals surface area (Å²) in [5, 5.41) is 2.58. The number of nitrogens with two attached hydrogens (primary N) is 2. The number of benzene rings is 2. The van der Waals surface area contributed by atoms with E-state index < -0.39 is 29.7 Å². The van der Waals surface area contributed by atoms with Gasteiger partial charge in [-0.05, 0) is 54.7 Å². The highest BCUT2D eigenvalue weighted by Crippen LogP contribution is 2.35. The number of amides is 3. The topological polar surface area (TPSA) is 161 Å². The molecule has 3 amide bonds. The second-order valence-electron chi connectivity index (χ2n) is 8.51. The summed E-state index contributed by atoms with van der Waals surface area (Å²) in [6, 6.07) is 12.9. The number of aromatic nitrogens is 1. The van der Waals surface area contributed by atoms with Gasteiger partial charge < -0.3 is 26.4 Å². The van der Waals surface area contributed by atoms with Gasteiger partial charge in [-0.15, -0.1) is 0 Å². The van der Waals surface area contributed by atoms with Crippen molar-refractivity contribution in [3.63, 3.8) is 0 Å². The summed E-state index contributed by atoms with van der Waals surface area (Å²) in [7, 11) is 3.76. The van der Waals surface area contributed by atoms with Gasteiger partial charge in [0.2, 0.25) is 5.91 Å². The maximum atomic E-state index is 14.1. The highest BCUT2D eigenvalue weighted by atomic mass is 32.1. The van der Waals surface area contributed by atoms with E-state index in [1.165, 1.54) is 4.90 Å². The number of nitrogens with one attached hydrogen (secondary N) is 1. The number of primary amides is 1. The fraction of sp³-hybridized carbons (Fsp3) is 0.269. The largest absolute Gasteiger partial charge is 0.465 e. The van der Waals surface area contributed by atoms with Crippen LogP contribution in [0.15, 0.2) is 48.5 Å². The van der Waals surface area contributed by atoms with Crippen LogP contribution in [0.25, 0.3) is 0 Å². The van der Waals surface area contributed by atoms with Gasteiger partial charge in [0.1, 0.15) is 17.5 Å². The van der Waals surface area contributed by atoms with Crippen LogP contribution >= 0.6 is 11.5 Å². The molecule has 0 bridgehead atoms. The molecule has 0 aliphatic rings. The zero-order chi connectivity index (χ0) is 28.0. The minimum Gasteiger partial charge on any atom is -0.465 e. The van der Waals surface area contributed by atoms with Crippen LogP contribution in [0.4, 0.5) is 17.1 Å². The van der Waals surface area contributed by atoms with Crippen LogP contribution in [0.3, 0.4) is 0 Å². The van der Waals surface area contributed by atoms with Gasteiger partial charge in [0, 0.05) is 25.5 Å². The number of hydrogen-bond donors (Lipinski definition) is 3. The monoisotopic (exact) mass is 538 g/mol. The van der Waals surface area contributed by atoms with E-state index in [0.29, 0.717) is 16.8 Å². The third-order valence-corrected chi connectivity index (χ3v) is 6.54. The Morgan fingerprint density at radius 1 is 1.08 bits per heavy atom. The highest BCUT2D eigenvalue weighted by molar-refractivity contribution is 7.09. The summed E-state index contributed by atoms with van der Waals surface area (Å²) in [6.45, 7) is 3.23. The normalized spacial score (nSPS) is 11.4. The summed E-state index contributed by atoms with van der Waals surface area (Å²) >= 11 is 0.717. The van der Waals surface area contributed by atoms with Crippen molar-refractivity contribution in [3.05, 3.63) is 70.2 Å². The van der Waals surface area contributed by atoms with Crippen LogP contribution in [0.1, 0.15) is 44.3 Å². The van der Waals surface area contributed by atoms with Crippen LogP contribution in [-0.2, 0) is 14.3 Å². The minimum absolute atomic E-state index is 0.0462. The number of rotatable bonds is 10. The molecule has 2 aromatic carbocycles. The van der Waals surface area contributed by atoms with Crippen molar-refractivity contribution < 1.29 is 23.9 Å². The molecule has 12 heteroatoms. The number of para-hydroxylation sites is 1. The maximum absolute atomic E-state index is 14.1. The molecule has 200 valence electrons. The lowest BCUT2D eigenvalue weighted by atomic mass is 10.0. The zero-order valence-corrected chi connectivity index (χ0v) is 22.4. The predicted molar refractivity (Wildman–Crippen MR) is 146 cm³/mol. The Morgan fingerprint density at radius 3 is 2.29 bits per heavy atom. The lowest BCUT2D eigenvalue weighted by molar-refractivity contribution is -0.143. The number of ether oxygens (including phenoxy) is 1. The Balaban J connectivity index is 2.18. The number of nitrogens with zero attached hydrogens (tertiary/aromatic N) is 3. The summed E-state index contributed by atoms with van der Waals surface area (Å²) in [6.07, 6.45) is 0. The molecule has 1 unspecified atom stereocenters. The summed E-state index contributed by atoms with van der Waals surface area (Å²) in [5.41, 5.74) is 13.6. The lowest BCUT2D eigenvalue weighted by Crippen LogP contribution is -2.45. The average Bonchev–Trinajstić information content (AvgIpc) is 3.28. The van der Waals surface area contributed by atoms with E-state index in [0.717, 1.165) is 17.2 Å². The van der Waals surface area contributed by atoms with Crippen LogP contribution in [0.2, 0.25) is 0 Å². The third kappa shape index (κ3) is 6.09. The molecule has 0 radical (unpaired) electrons. The Labute approximate surface area is 224 Å². The summed E-state index contributed by atoms with van der Waals surface area (Å²) < 4.78 is 8.89. The molecule has 0 fully saturated rings. The van der Waals surface area contributed by atoms with Crippen molar-refractivity contribution in [1.29, 1.82) is 0 Å². The molecule has 0 saturated heterocycles. The molecule has 0 aliphatic heterocycles. The molecule has 11 nitrogen and oxygen atoms in total. The van der Waals surface area contributed by atoms with Crippen LogP contribution < -0.4 is 26.6 Å². The van der Waals surface area contributed by atoms with Crippen LogP contribution in [0, 0.1) is 6.92 Å². The van der Waals surface area contributed by atoms with Crippen molar-refractivity contribution in [1.82, 2.24) is 9.69 Å². The number of aryl methyl sites for hydroxylation is 1. The summed E-state index contributed by atoms with van der Waals surface area (Å²) in [5.74, 6) is -2.77. The van der Waals surface area contributed by atoms with Gasteiger partial charge in [-0.1, -0.05) is 30.3 Å². The molecule has 3 aromatic rings. The first-order valence-electron chi connectivity index (χ1n) is 11.7. The maximum Gasteiger partial charge on any atom is 0.325 e. The third-order valence-electron chi connectivity index (χ3n) is 5.69. The minimum atomic E-state index is -1.22. The van der Waals surface area contributed by atoms with E-state index in [1.54, 1.807) is 50.2 Å². The first-order valence-corrected chi connectivity index (χ1v) is 12.5. The molecule has 0 aliphatic carbocycles. The fourth-order valence-corrected chi connectivity index (χ4v) is 4.52. The number of hydrogen-bond acceptors (Lipinski definition) is 9. The lowest BCUT2D eigenvalue weighted by Gasteiger charge is -2.32. The van der Waals surface area contributed by atoms with E-state index in [2.05, 4.69) is 9.69 Å². The molecule has 1 heterocycles. The SMILES string of the molecule is CCOC(=O)CNC(=O)C(c1ccc(N(C)C)cc1)N(C(=O)c1snc(C(N)=O)c1N)c1ccccc1C. The van der Waals surface area contributed by atoms with Gasteiger partial charge in [-0.2, -0.15) is 4.37 Å². The van der Waals surface area contributed by atoms with Crippen molar-refractivity contribution in [3.8, 4) is 0 Å². The smallest absolute Gasteiger partial charge is 0.325 e. The van der Waals surface area contributed by atoms with Gasteiger partial charge in [0.05, 0.1) is 12.3 Å². The number of carbonyl (C=O) groups is 4. The molecule has 1 atom stereocenters. The van der Waals surface area contributed by atoms with Gasteiger partial charge in [0.15, 0.2) is 5.69 Å². The molecule has 0 spiro atoms. The quantitative estimate of drug-likeness (QED) is 0.331. The predicted octanol–water partition coefficient (Wildman–Crippen LogP) is 2.27. The molecular weight excluding hydrogens is 508 g/mol. The van der Waals surface area contributed by atoms with Crippen molar-refractivity contribution >= 4 is 52.3 Å². The second-order valence-corrected chi connectivity index (χ2v) is 9.28. The standard InChI is InChI=1S/C26H30N6O5S/c1-5-37-19(33)14-29-25(35)22(16-10-12-17(13-11-16)31(3)4)32(18-9-7-6-8-15(18)2)26(36)23-20(27)21(24(28)34)30-38-23/h6-13,22H,5,14,27H2,1-4H3,(H2,28,34)(H,29,35). The van der Waals surface area contributed by atoms with Gasteiger partial charge in [0.25, 0.3) is 11.8 Å². The van der Waals surface area contributed by atoms with Crippen LogP contribution in [0.5, 0.6) is 0 Å². The van der Waals surface area contributed by atoms with Gasteiger partial charge in [-0.3, -0.25) is 24.1 Å². The van der Waals surface area contributed by atoms with Crippen molar-refractivity contribution in [2.45, 2.75) is 19.9 Å².